The second-order valence-corrected chi connectivity index (χ2v) is 5.94. The minimum atomic E-state index is -0.436. The number of nitrogens with zero attached hydrogens (tertiary/aromatic N) is 1. The van der Waals surface area contributed by atoms with Crippen molar-refractivity contribution < 1.29 is 23.4 Å². The van der Waals surface area contributed by atoms with Crippen LogP contribution in [0.5, 0.6) is 17.2 Å². The Kier molecular flexibility index (Phi) is 6.83. The predicted molar refractivity (Wildman–Crippen MR) is 97.3 cm³/mol. The molecule has 140 valence electrons. The van der Waals surface area contributed by atoms with E-state index in [0.717, 1.165) is 5.56 Å². The Morgan fingerprint density at radius 3 is 2.15 bits per heavy atom. The molecule has 5 nitrogen and oxygen atoms in total. The number of carbonyl (C=O) groups is 1. The van der Waals surface area contributed by atoms with Crippen LogP contribution < -0.4 is 14.2 Å². The summed E-state index contributed by atoms with van der Waals surface area (Å²) in [4.78, 5) is 14.0. The van der Waals surface area contributed by atoms with Crippen LogP contribution in [0.2, 0.25) is 0 Å². The molecule has 26 heavy (non-hydrogen) atoms. The molecule has 0 heterocycles. The van der Waals surface area contributed by atoms with E-state index in [-0.39, 0.29) is 11.7 Å². The smallest absolute Gasteiger partial charge is 0.222 e. The van der Waals surface area contributed by atoms with Crippen molar-refractivity contribution in [2.24, 2.45) is 0 Å². The van der Waals surface area contributed by atoms with Crippen LogP contribution in [0.3, 0.4) is 0 Å². The SMILES string of the molecule is COc1cc(CCC(=O)N(C)Cc2ccc(OC)c(F)c2)cc(OC)c1. The van der Waals surface area contributed by atoms with E-state index in [4.69, 9.17) is 14.2 Å². The third-order valence-electron chi connectivity index (χ3n) is 4.10. The van der Waals surface area contributed by atoms with Crippen LogP contribution in [-0.2, 0) is 17.8 Å². The van der Waals surface area contributed by atoms with Gasteiger partial charge in [-0.05, 0) is 41.8 Å². The third kappa shape index (κ3) is 5.12. The number of rotatable bonds is 8. The second-order valence-electron chi connectivity index (χ2n) is 5.94. The van der Waals surface area contributed by atoms with Crippen molar-refractivity contribution in [3.63, 3.8) is 0 Å². The van der Waals surface area contributed by atoms with E-state index in [2.05, 4.69) is 0 Å². The number of halogens is 1. The molecule has 2 rings (SSSR count). The Labute approximate surface area is 153 Å². The van der Waals surface area contributed by atoms with Gasteiger partial charge in [-0.1, -0.05) is 6.07 Å². The molecule has 1 amide bonds. The van der Waals surface area contributed by atoms with Gasteiger partial charge in [0.15, 0.2) is 11.6 Å². The molecule has 2 aromatic rings. The molecule has 0 bridgehead atoms. The maximum absolute atomic E-state index is 13.8. The van der Waals surface area contributed by atoms with Crippen LogP contribution in [0.1, 0.15) is 17.5 Å². The van der Waals surface area contributed by atoms with Gasteiger partial charge in [-0.2, -0.15) is 0 Å². The van der Waals surface area contributed by atoms with Gasteiger partial charge in [-0.15, -0.1) is 0 Å². The molecule has 0 unspecified atom stereocenters. The van der Waals surface area contributed by atoms with Gasteiger partial charge in [0, 0.05) is 26.1 Å². The summed E-state index contributed by atoms with van der Waals surface area (Å²) in [5.41, 5.74) is 1.67. The highest BCUT2D eigenvalue weighted by atomic mass is 19.1. The highest BCUT2D eigenvalue weighted by molar-refractivity contribution is 5.76. The largest absolute Gasteiger partial charge is 0.497 e. The quantitative estimate of drug-likeness (QED) is 0.723. The molecule has 0 radical (unpaired) electrons. The first-order valence-corrected chi connectivity index (χ1v) is 8.25. The van der Waals surface area contributed by atoms with Gasteiger partial charge in [0.25, 0.3) is 0 Å². The van der Waals surface area contributed by atoms with E-state index in [0.29, 0.717) is 36.4 Å². The summed E-state index contributed by atoms with van der Waals surface area (Å²) >= 11 is 0. The number of methoxy groups -OCH3 is 3. The number of amides is 1. The topological polar surface area (TPSA) is 48.0 Å². The molecule has 0 atom stereocenters. The van der Waals surface area contributed by atoms with E-state index < -0.39 is 5.82 Å². The van der Waals surface area contributed by atoms with E-state index in [9.17, 15) is 9.18 Å². The van der Waals surface area contributed by atoms with E-state index >= 15 is 0 Å². The molecule has 0 aromatic heterocycles. The van der Waals surface area contributed by atoms with Gasteiger partial charge in [-0.3, -0.25) is 4.79 Å². The second kappa shape index (κ2) is 9.08. The van der Waals surface area contributed by atoms with Gasteiger partial charge < -0.3 is 19.1 Å². The lowest BCUT2D eigenvalue weighted by Crippen LogP contribution is -2.26. The van der Waals surface area contributed by atoms with Crippen LogP contribution >= 0.6 is 0 Å². The Hall–Kier alpha value is -2.76. The van der Waals surface area contributed by atoms with Crippen LogP contribution in [-0.4, -0.2) is 39.2 Å². The van der Waals surface area contributed by atoms with Gasteiger partial charge in [0.05, 0.1) is 21.3 Å². The fourth-order valence-corrected chi connectivity index (χ4v) is 2.62. The molecule has 0 aliphatic carbocycles. The minimum absolute atomic E-state index is 0.0250. The number of ether oxygens (including phenoxy) is 3. The summed E-state index contributed by atoms with van der Waals surface area (Å²) in [6.45, 7) is 0.335. The predicted octanol–water partition coefficient (Wildman–Crippen LogP) is 3.44. The summed E-state index contributed by atoms with van der Waals surface area (Å²) in [5.74, 6) is 1.11. The van der Waals surface area contributed by atoms with Crippen LogP contribution in [0, 0.1) is 5.82 Å². The minimum Gasteiger partial charge on any atom is -0.497 e. The molecule has 2 aromatic carbocycles. The Morgan fingerprint density at radius 2 is 1.62 bits per heavy atom. The van der Waals surface area contributed by atoms with Crippen molar-refractivity contribution in [2.75, 3.05) is 28.4 Å². The van der Waals surface area contributed by atoms with Crippen LogP contribution in [0.25, 0.3) is 0 Å². The maximum atomic E-state index is 13.8. The summed E-state index contributed by atoms with van der Waals surface area (Å²) < 4.78 is 29.1. The van der Waals surface area contributed by atoms with Crippen molar-refractivity contribution in [2.45, 2.75) is 19.4 Å². The van der Waals surface area contributed by atoms with Crippen molar-refractivity contribution in [3.05, 3.63) is 53.3 Å². The highest BCUT2D eigenvalue weighted by Crippen LogP contribution is 2.23. The normalized spacial score (nSPS) is 10.3. The average Bonchev–Trinajstić information content (AvgIpc) is 2.65. The molecule has 0 aliphatic rings. The Morgan fingerprint density at radius 1 is 0.962 bits per heavy atom. The van der Waals surface area contributed by atoms with E-state index in [1.807, 2.05) is 12.1 Å². The monoisotopic (exact) mass is 361 g/mol. The van der Waals surface area contributed by atoms with Crippen molar-refractivity contribution in [1.29, 1.82) is 0 Å². The zero-order valence-corrected chi connectivity index (χ0v) is 15.5. The van der Waals surface area contributed by atoms with Gasteiger partial charge in [0.1, 0.15) is 11.5 Å². The van der Waals surface area contributed by atoms with Crippen LogP contribution in [0.15, 0.2) is 36.4 Å². The lowest BCUT2D eigenvalue weighted by Gasteiger charge is -2.18. The molecular weight excluding hydrogens is 337 g/mol. The molecule has 0 spiro atoms. The van der Waals surface area contributed by atoms with Gasteiger partial charge in [-0.25, -0.2) is 4.39 Å². The zero-order valence-electron chi connectivity index (χ0n) is 15.5. The Balaban J connectivity index is 1.96. The number of hydrogen-bond donors (Lipinski definition) is 0. The number of aryl methyl sites for hydroxylation is 1. The fourth-order valence-electron chi connectivity index (χ4n) is 2.62. The molecule has 0 saturated heterocycles. The van der Waals surface area contributed by atoms with Gasteiger partial charge in [0.2, 0.25) is 5.91 Å². The summed E-state index contributed by atoms with van der Waals surface area (Å²) in [7, 11) is 6.30. The van der Waals surface area contributed by atoms with Crippen molar-refractivity contribution in [1.82, 2.24) is 4.90 Å². The van der Waals surface area contributed by atoms with E-state index in [1.165, 1.54) is 13.2 Å². The molecule has 0 saturated carbocycles. The molecule has 0 aliphatic heterocycles. The number of benzene rings is 2. The molecule has 6 heteroatoms. The van der Waals surface area contributed by atoms with Gasteiger partial charge >= 0.3 is 0 Å². The van der Waals surface area contributed by atoms with Crippen LogP contribution in [0.4, 0.5) is 4.39 Å². The summed E-state index contributed by atoms with van der Waals surface area (Å²) in [6.07, 6.45) is 0.902. The fraction of sp³-hybridized carbons (Fsp3) is 0.350. The average molecular weight is 361 g/mol. The number of carbonyl (C=O) groups excluding carboxylic acids is 1. The lowest BCUT2D eigenvalue weighted by atomic mass is 10.1. The number of hydrogen-bond acceptors (Lipinski definition) is 4. The van der Waals surface area contributed by atoms with Crippen molar-refractivity contribution in [3.8, 4) is 17.2 Å². The zero-order chi connectivity index (χ0) is 19.1. The summed E-state index contributed by atoms with van der Waals surface area (Å²) in [6, 6.07) is 10.2. The van der Waals surface area contributed by atoms with Crippen molar-refractivity contribution >= 4 is 5.91 Å². The summed E-state index contributed by atoms with van der Waals surface area (Å²) in [5, 5.41) is 0. The highest BCUT2D eigenvalue weighted by Gasteiger charge is 2.12. The maximum Gasteiger partial charge on any atom is 0.222 e. The Bertz CT molecular complexity index is 741. The standard InChI is InChI=1S/C20H24FNO4/c1-22(13-15-5-7-19(26-4)18(21)11-15)20(23)8-6-14-9-16(24-2)12-17(10-14)25-3/h5,7,9-12H,6,8,13H2,1-4H3. The van der Waals surface area contributed by atoms with E-state index in [1.54, 1.807) is 44.4 Å². The first kappa shape index (κ1) is 19.6. The lowest BCUT2D eigenvalue weighted by molar-refractivity contribution is -0.130. The first-order chi connectivity index (χ1) is 12.5. The molecule has 0 fully saturated rings. The first-order valence-electron chi connectivity index (χ1n) is 8.25. The molecular formula is C20H24FNO4. The third-order valence-corrected chi connectivity index (χ3v) is 4.10. The molecule has 0 N–H and O–H groups in total.